The first-order chi connectivity index (χ1) is 9.86. The topological polar surface area (TPSA) is 57.6 Å². The smallest absolute Gasteiger partial charge is 0.244 e. The molecule has 1 aromatic heterocycles. The number of aryl methyl sites for hydroxylation is 1. The van der Waals surface area contributed by atoms with Gasteiger partial charge in [-0.1, -0.05) is 6.92 Å². The summed E-state index contributed by atoms with van der Waals surface area (Å²) in [6, 6.07) is 2.03. The highest BCUT2D eigenvalue weighted by molar-refractivity contribution is 7.89. The lowest BCUT2D eigenvalue weighted by Gasteiger charge is -2.36. The standard InChI is InChI=1S/C14H26N4O2S/c1-5-15-9-13-8-14(11-17(13)4)21(19,20)18-7-6-16(3)12(2)10-18/h8,11-12,15H,5-7,9-10H2,1-4H3. The molecule has 1 aliphatic rings. The third kappa shape index (κ3) is 3.48. The fourth-order valence-electron chi connectivity index (χ4n) is 2.53. The summed E-state index contributed by atoms with van der Waals surface area (Å²) in [5.74, 6) is 0. The summed E-state index contributed by atoms with van der Waals surface area (Å²) in [5, 5.41) is 3.23. The normalized spacial score (nSPS) is 21.8. The van der Waals surface area contributed by atoms with E-state index in [4.69, 9.17) is 0 Å². The van der Waals surface area contributed by atoms with Gasteiger partial charge in [-0.25, -0.2) is 8.42 Å². The first kappa shape index (κ1) is 16.5. The van der Waals surface area contributed by atoms with Gasteiger partial charge in [-0.05, 0) is 26.6 Å². The van der Waals surface area contributed by atoms with Crippen LogP contribution in [-0.4, -0.2) is 61.5 Å². The second kappa shape index (κ2) is 6.48. The van der Waals surface area contributed by atoms with Gasteiger partial charge in [-0.15, -0.1) is 0 Å². The zero-order chi connectivity index (χ0) is 15.6. The predicted molar refractivity (Wildman–Crippen MR) is 83.6 cm³/mol. The van der Waals surface area contributed by atoms with Crippen molar-refractivity contribution in [1.82, 2.24) is 19.1 Å². The number of likely N-dealkylation sites (N-methyl/N-ethyl adjacent to an activating group) is 1. The molecule has 0 aliphatic carbocycles. The van der Waals surface area contributed by atoms with Crippen LogP contribution < -0.4 is 5.32 Å². The van der Waals surface area contributed by atoms with E-state index in [0.717, 1.165) is 18.8 Å². The van der Waals surface area contributed by atoms with Crippen LogP contribution in [0.3, 0.4) is 0 Å². The molecule has 0 spiro atoms. The van der Waals surface area contributed by atoms with E-state index in [1.807, 2.05) is 25.6 Å². The van der Waals surface area contributed by atoms with Crippen LogP contribution in [0.25, 0.3) is 0 Å². The zero-order valence-corrected chi connectivity index (χ0v) is 14.2. The summed E-state index contributed by atoms with van der Waals surface area (Å²) in [7, 11) is 0.534. The van der Waals surface area contributed by atoms with E-state index >= 15 is 0 Å². The van der Waals surface area contributed by atoms with Crippen molar-refractivity contribution in [1.29, 1.82) is 0 Å². The van der Waals surface area contributed by atoms with Crippen molar-refractivity contribution in [2.75, 3.05) is 33.2 Å². The second-order valence-electron chi connectivity index (χ2n) is 5.75. The summed E-state index contributed by atoms with van der Waals surface area (Å²) < 4.78 is 29.0. The van der Waals surface area contributed by atoms with Gasteiger partial charge in [-0.3, -0.25) is 0 Å². The Hall–Kier alpha value is -0.890. The molecule has 1 saturated heterocycles. The minimum Gasteiger partial charge on any atom is -0.352 e. The van der Waals surface area contributed by atoms with E-state index in [1.165, 1.54) is 0 Å². The van der Waals surface area contributed by atoms with Crippen molar-refractivity contribution >= 4 is 10.0 Å². The van der Waals surface area contributed by atoms with E-state index < -0.39 is 10.0 Å². The van der Waals surface area contributed by atoms with E-state index in [0.29, 0.717) is 24.5 Å². The highest BCUT2D eigenvalue weighted by Crippen LogP contribution is 2.21. The average molecular weight is 314 g/mol. The van der Waals surface area contributed by atoms with Crippen LogP contribution in [0.1, 0.15) is 19.5 Å². The molecule has 0 bridgehead atoms. The third-order valence-electron chi connectivity index (χ3n) is 4.20. The molecule has 2 rings (SSSR count). The van der Waals surface area contributed by atoms with Crippen molar-refractivity contribution in [2.24, 2.45) is 7.05 Å². The van der Waals surface area contributed by atoms with Gasteiger partial charge in [0.25, 0.3) is 0 Å². The molecular formula is C14H26N4O2S. The molecule has 0 amide bonds. The van der Waals surface area contributed by atoms with Gasteiger partial charge in [0.15, 0.2) is 0 Å². The molecule has 0 radical (unpaired) electrons. The zero-order valence-electron chi connectivity index (χ0n) is 13.3. The van der Waals surface area contributed by atoms with Crippen LogP contribution in [0.2, 0.25) is 0 Å². The fourth-order valence-corrected chi connectivity index (χ4v) is 4.14. The predicted octanol–water partition coefficient (Wildman–Crippen LogP) is 0.459. The van der Waals surface area contributed by atoms with Crippen LogP contribution >= 0.6 is 0 Å². The summed E-state index contributed by atoms with van der Waals surface area (Å²) in [6.07, 6.45) is 1.71. The first-order valence-corrected chi connectivity index (χ1v) is 8.86. The van der Waals surface area contributed by atoms with Crippen molar-refractivity contribution in [3.05, 3.63) is 18.0 Å². The number of sulfonamides is 1. The molecule has 1 unspecified atom stereocenters. The van der Waals surface area contributed by atoms with Crippen molar-refractivity contribution in [2.45, 2.75) is 31.3 Å². The Kier molecular flexibility index (Phi) is 5.08. The Labute approximate surface area is 127 Å². The van der Waals surface area contributed by atoms with E-state index in [9.17, 15) is 8.42 Å². The van der Waals surface area contributed by atoms with Crippen LogP contribution in [0.4, 0.5) is 0 Å². The van der Waals surface area contributed by atoms with Gasteiger partial charge < -0.3 is 14.8 Å². The minimum atomic E-state index is -3.39. The lowest BCUT2D eigenvalue weighted by molar-refractivity contribution is 0.159. The quantitative estimate of drug-likeness (QED) is 0.858. The fraction of sp³-hybridized carbons (Fsp3) is 0.714. The number of piperazine rings is 1. The van der Waals surface area contributed by atoms with Crippen LogP contribution in [0, 0.1) is 0 Å². The number of aromatic nitrogens is 1. The summed E-state index contributed by atoms with van der Waals surface area (Å²) in [6.45, 7) is 7.52. The summed E-state index contributed by atoms with van der Waals surface area (Å²) >= 11 is 0. The summed E-state index contributed by atoms with van der Waals surface area (Å²) in [5.41, 5.74) is 0.984. The van der Waals surface area contributed by atoms with Crippen LogP contribution in [-0.2, 0) is 23.6 Å². The molecule has 1 aliphatic heterocycles. The maximum absolute atomic E-state index is 12.8. The lowest BCUT2D eigenvalue weighted by Crippen LogP contribution is -2.51. The van der Waals surface area contributed by atoms with Gasteiger partial charge >= 0.3 is 0 Å². The SMILES string of the molecule is CCNCc1cc(S(=O)(=O)N2CCN(C)C(C)C2)cn1C. The Bertz CT molecular complexity index is 582. The number of nitrogens with zero attached hydrogens (tertiary/aromatic N) is 3. The molecular weight excluding hydrogens is 288 g/mol. The molecule has 1 fully saturated rings. The maximum atomic E-state index is 12.8. The highest BCUT2D eigenvalue weighted by Gasteiger charge is 2.31. The third-order valence-corrected chi connectivity index (χ3v) is 6.03. The lowest BCUT2D eigenvalue weighted by atomic mass is 10.2. The van der Waals surface area contributed by atoms with Gasteiger partial charge in [0.1, 0.15) is 4.90 Å². The largest absolute Gasteiger partial charge is 0.352 e. The second-order valence-corrected chi connectivity index (χ2v) is 7.69. The molecule has 1 atom stereocenters. The molecule has 0 aromatic carbocycles. The Morgan fingerprint density at radius 1 is 1.33 bits per heavy atom. The minimum absolute atomic E-state index is 0.249. The number of hydrogen-bond acceptors (Lipinski definition) is 4. The van der Waals surface area contributed by atoms with E-state index in [2.05, 4.69) is 17.1 Å². The van der Waals surface area contributed by atoms with Crippen LogP contribution in [0.5, 0.6) is 0 Å². The molecule has 2 heterocycles. The Morgan fingerprint density at radius 2 is 2.05 bits per heavy atom. The summed E-state index contributed by atoms with van der Waals surface area (Å²) in [4.78, 5) is 2.59. The van der Waals surface area contributed by atoms with Crippen molar-refractivity contribution in [3.63, 3.8) is 0 Å². The number of nitrogens with one attached hydrogen (secondary N) is 1. The van der Waals surface area contributed by atoms with Crippen molar-refractivity contribution in [3.8, 4) is 0 Å². The molecule has 1 N–H and O–H groups in total. The molecule has 7 heteroatoms. The average Bonchev–Trinajstić information content (AvgIpc) is 2.81. The molecule has 120 valence electrons. The van der Waals surface area contributed by atoms with Crippen LogP contribution in [0.15, 0.2) is 17.2 Å². The van der Waals surface area contributed by atoms with Gasteiger partial charge in [0, 0.05) is 51.2 Å². The number of hydrogen-bond donors (Lipinski definition) is 1. The molecule has 0 saturated carbocycles. The van der Waals surface area contributed by atoms with Gasteiger partial charge in [0.2, 0.25) is 10.0 Å². The molecule has 1 aromatic rings. The van der Waals surface area contributed by atoms with Crippen molar-refractivity contribution < 1.29 is 8.42 Å². The van der Waals surface area contributed by atoms with E-state index in [-0.39, 0.29) is 6.04 Å². The maximum Gasteiger partial charge on any atom is 0.244 e. The number of rotatable bonds is 5. The Morgan fingerprint density at radius 3 is 2.67 bits per heavy atom. The van der Waals surface area contributed by atoms with E-state index in [1.54, 1.807) is 16.6 Å². The van der Waals surface area contributed by atoms with Gasteiger partial charge in [0.05, 0.1) is 0 Å². The highest BCUT2D eigenvalue weighted by atomic mass is 32.2. The molecule has 6 nitrogen and oxygen atoms in total. The Balaban J connectivity index is 2.20. The monoisotopic (exact) mass is 314 g/mol. The molecule has 21 heavy (non-hydrogen) atoms. The van der Waals surface area contributed by atoms with Gasteiger partial charge in [-0.2, -0.15) is 4.31 Å². The first-order valence-electron chi connectivity index (χ1n) is 7.42.